The highest BCUT2D eigenvalue weighted by Crippen LogP contribution is 2.39. The van der Waals surface area contributed by atoms with Crippen LogP contribution in [0.4, 0.5) is 5.69 Å². The van der Waals surface area contributed by atoms with Gasteiger partial charge in [-0.1, -0.05) is 73.7 Å². The first-order valence-electron chi connectivity index (χ1n) is 8.46. The largest absolute Gasteiger partial charge is 0.399 e. The zero-order chi connectivity index (χ0) is 16.5. The number of anilines is 1. The van der Waals surface area contributed by atoms with E-state index < -0.39 is 0 Å². The van der Waals surface area contributed by atoms with Gasteiger partial charge in [0, 0.05) is 11.6 Å². The third kappa shape index (κ3) is 2.63. The number of hydrogen-bond acceptors (Lipinski definition) is 1. The molecule has 0 saturated heterocycles. The van der Waals surface area contributed by atoms with Crippen molar-refractivity contribution < 1.29 is 0 Å². The molecule has 0 fully saturated rings. The first-order chi connectivity index (χ1) is 11.7. The zero-order valence-electron chi connectivity index (χ0n) is 13.8. The minimum absolute atomic E-state index is 0.455. The molecule has 0 radical (unpaired) electrons. The molecule has 1 nitrogen and oxygen atoms in total. The van der Waals surface area contributed by atoms with E-state index in [4.69, 9.17) is 5.73 Å². The van der Waals surface area contributed by atoms with Gasteiger partial charge in [0.15, 0.2) is 0 Å². The number of nitrogens with two attached hydrogens (primary N) is 1. The van der Waals surface area contributed by atoms with Crippen molar-refractivity contribution in [2.45, 2.75) is 6.92 Å². The van der Waals surface area contributed by atoms with Crippen LogP contribution in [0, 0.1) is 11.8 Å². The Kier molecular flexibility index (Phi) is 3.70. The molecule has 2 aromatic carbocycles. The van der Waals surface area contributed by atoms with Crippen LogP contribution >= 0.6 is 0 Å². The van der Waals surface area contributed by atoms with Gasteiger partial charge in [0.05, 0.1) is 0 Å². The molecule has 2 unspecified atom stereocenters. The van der Waals surface area contributed by atoms with E-state index in [2.05, 4.69) is 79.8 Å². The van der Waals surface area contributed by atoms with Crippen molar-refractivity contribution in [3.63, 3.8) is 0 Å². The summed E-state index contributed by atoms with van der Waals surface area (Å²) in [5.41, 5.74) is 13.2. The van der Waals surface area contributed by atoms with Crippen LogP contribution in [-0.4, -0.2) is 0 Å². The predicted molar refractivity (Wildman–Crippen MR) is 103 cm³/mol. The lowest BCUT2D eigenvalue weighted by Gasteiger charge is -2.28. The van der Waals surface area contributed by atoms with E-state index in [9.17, 15) is 0 Å². The topological polar surface area (TPSA) is 26.0 Å². The maximum Gasteiger partial charge on any atom is 0.0326 e. The lowest BCUT2D eigenvalue weighted by atomic mass is 9.76. The summed E-state index contributed by atoms with van der Waals surface area (Å²) in [6.07, 6.45) is 13.4. The molecule has 2 aliphatic rings. The summed E-state index contributed by atoms with van der Waals surface area (Å²) in [5, 5.41) is 0. The minimum atomic E-state index is 0.455. The molecule has 2 aromatic rings. The lowest BCUT2D eigenvalue weighted by Crippen LogP contribution is -2.15. The number of allylic oxidation sites excluding steroid dienone is 8. The highest BCUT2D eigenvalue weighted by Gasteiger charge is 2.24. The van der Waals surface area contributed by atoms with Crippen molar-refractivity contribution in [1.82, 2.24) is 0 Å². The predicted octanol–water partition coefficient (Wildman–Crippen LogP) is 5.64. The van der Waals surface area contributed by atoms with Gasteiger partial charge in [0.2, 0.25) is 0 Å². The highest BCUT2D eigenvalue weighted by atomic mass is 14.5. The summed E-state index contributed by atoms with van der Waals surface area (Å²) in [6.45, 7) is 2.27. The monoisotopic (exact) mass is 311 g/mol. The molecule has 2 atom stereocenters. The van der Waals surface area contributed by atoms with E-state index in [-0.39, 0.29) is 0 Å². The summed E-state index contributed by atoms with van der Waals surface area (Å²) in [5.74, 6) is 0.983. The fourth-order valence-electron chi connectivity index (χ4n) is 3.62. The third-order valence-corrected chi connectivity index (χ3v) is 4.88. The SMILES string of the molecule is CC1C=CC(c2cc(N)cc(-c3ccccc3)c2)=C2C=CC=CC21. The Labute approximate surface area is 143 Å². The van der Waals surface area contributed by atoms with Gasteiger partial charge in [0.1, 0.15) is 0 Å². The van der Waals surface area contributed by atoms with Gasteiger partial charge in [-0.05, 0) is 52.0 Å². The average molecular weight is 311 g/mol. The van der Waals surface area contributed by atoms with Gasteiger partial charge in [-0.15, -0.1) is 0 Å². The number of hydrogen-bond donors (Lipinski definition) is 1. The Morgan fingerprint density at radius 3 is 2.42 bits per heavy atom. The molecule has 0 spiro atoms. The van der Waals surface area contributed by atoms with Crippen LogP contribution in [0.2, 0.25) is 0 Å². The Morgan fingerprint density at radius 2 is 1.58 bits per heavy atom. The summed E-state index contributed by atoms with van der Waals surface area (Å²) >= 11 is 0. The molecule has 0 saturated carbocycles. The van der Waals surface area contributed by atoms with Crippen LogP contribution in [0.3, 0.4) is 0 Å². The molecule has 118 valence electrons. The first-order valence-corrected chi connectivity index (χ1v) is 8.46. The van der Waals surface area contributed by atoms with E-state index in [1.807, 2.05) is 12.1 Å². The maximum atomic E-state index is 6.22. The molecule has 1 heteroatoms. The fourth-order valence-corrected chi connectivity index (χ4v) is 3.62. The van der Waals surface area contributed by atoms with Gasteiger partial charge >= 0.3 is 0 Å². The maximum absolute atomic E-state index is 6.22. The molecule has 0 aromatic heterocycles. The number of benzene rings is 2. The van der Waals surface area contributed by atoms with Gasteiger partial charge in [-0.2, -0.15) is 0 Å². The van der Waals surface area contributed by atoms with E-state index in [1.54, 1.807) is 0 Å². The molecule has 0 heterocycles. The lowest BCUT2D eigenvalue weighted by molar-refractivity contribution is 0.585. The first kappa shape index (κ1) is 14.8. The molecular weight excluding hydrogens is 290 g/mol. The average Bonchev–Trinajstić information content (AvgIpc) is 2.62. The molecule has 0 aliphatic heterocycles. The van der Waals surface area contributed by atoms with Crippen LogP contribution in [0.25, 0.3) is 16.7 Å². The normalized spacial score (nSPS) is 21.9. The second-order valence-corrected chi connectivity index (χ2v) is 6.57. The highest BCUT2D eigenvalue weighted by molar-refractivity contribution is 5.85. The molecule has 0 bridgehead atoms. The Hall–Kier alpha value is -2.80. The van der Waals surface area contributed by atoms with E-state index in [0.29, 0.717) is 11.8 Å². The van der Waals surface area contributed by atoms with Crippen molar-refractivity contribution in [2.24, 2.45) is 11.8 Å². The number of nitrogen functional groups attached to an aromatic ring is 1. The van der Waals surface area contributed by atoms with Gasteiger partial charge < -0.3 is 5.73 Å². The Morgan fingerprint density at radius 1 is 0.792 bits per heavy atom. The third-order valence-electron chi connectivity index (χ3n) is 4.88. The zero-order valence-corrected chi connectivity index (χ0v) is 13.8. The molecule has 0 amide bonds. The second kappa shape index (κ2) is 6.01. The van der Waals surface area contributed by atoms with Crippen LogP contribution < -0.4 is 5.73 Å². The van der Waals surface area contributed by atoms with Crippen molar-refractivity contribution in [2.75, 3.05) is 5.73 Å². The van der Waals surface area contributed by atoms with E-state index >= 15 is 0 Å². The standard InChI is InChI=1S/C23H21N/c1-16-11-12-22(23-10-6-5-9-21(16)23)19-13-18(14-20(24)15-19)17-7-3-2-4-8-17/h2-16,21H,24H2,1H3. The van der Waals surface area contributed by atoms with Crippen molar-refractivity contribution in [1.29, 1.82) is 0 Å². The van der Waals surface area contributed by atoms with E-state index in [0.717, 1.165) is 11.3 Å². The molecule has 4 rings (SSSR count). The van der Waals surface area contributed by atoms with Gasteiger partial charge in [-0.3, -0.25) is 0 Å². The molecule has 24 heavy (non-hydrogen) atoms. The Bertz CT molecular complexity index is 882. The van der Waals surface area contributed by atoms with Crippen LogP contribution in [0.1, 0.15) is 12.5 Å². The van der Waals surface area contributed by atoms with Crippen LogP contribution in [0.5, 0.6) is 0 Å². The summed E-state index contributed by atoms with van der Waals surface area (Å²) in [4.78, 5) is 0. The quantitative estimate of drug-likeness (QED) is 0.714. The Balaban J connectivity index is 1.85. The van der Waals surface area contributed by atoms with E-state index in [1.165, 1.54) is 22.3 Å². The summed E-state index contributed by atoms with van der Waals surface area (Å²) < 4.78 is 0. The fraction of sp³-hybridized carbons (Fsp3) is 0.130. The number of fused-ring (bicyclic) bond motifs is 1. The molecular formula is C23H21N. The number of rotatable bonds is 2. The van der Waals surface area contributed by atoms with Crippen molar-refractivity contribution >= 4 is 11.3 Å². The van der Waals surface area contributed by atoms with Crippen molar-refractivity contribution in [3.05, 3.63) is 96.1 Å². The van der Waals surface area contributed by atoms with Crippen molar-refractivity contribution in [3.8, 4) is 11.1 Å². The summed E-state index contributed by atoms with van der Waals surface area (Å²) in [7, 11) is 0. The minimum Gasteiger partial charge on any atom is -0.399 e. The molecule has 2 N–H and O–H groups in total. The van der Waals surface area contributed by atoms with Gasteiger partial charge in [-0.25, -0.2) is 0 Å². The summed E-state index contributed by atoms with van der Waals surface area (Å²) in [6, 6.07) is 16.8. The van der Waals surface area contributed by atoms with Gasteiger partial charge in [0.25, 0.3) is 0 Å². The van der Waals surface area contributed by atoms with Crippen LogP contribution in [0.15, 0.2) is 90.6 Å². The second-order valence-electron chi connectivity index (χ2n) is 6.57. The molecule has 2 aliphatic carbocycles. The van der Waals surface area contributed by atoms with Crippen LogP contribution in [-0.2, 0) is 0 Å². The smallest absolute Gasteiger partial charge is 0.0326 e.